The highest BCUT2D eigenvalue weighted by Crippen LogP contribution is 2.32. The third-order valence-corrected chi connectivity index (χ3v) is 3.99. The van der Waals surface area contributed by atoms with Crippen LogP contribution in [-0.2, 0) is 0 Å². The molecule has 0 spiro atoms. The van der Waals surface area contributed by atoms with Crippen LogP contribution in [0, 0.1) is 6.92 Å². The van der Waals surface area contributed by atoms with Gasteiger partial charge in [0.25, 0.3) is 5.91 Å². The first-order valence-corrected chi connectivity index (χ1v) is 6.59. The predicted octanol–water partition coefficient (Wildman–Crippen LogP) is 3.01. The highest BCUT2D eigenvalue weighted by Gasteiger charge is 2.33. The van der Waals surface area contributed by atoms with Crippen molar-refractivity contribution in [2.75, 3.05) is 5.73 Å². The Labute approximate surface area is 110 Å². The van der Waals surface area contributed by atoms with Crippen molar-refractivity contribution in [2.24, 2.45) is 0 Å². The molecular weight excluding hydrogens is 280 g/mol. The molecule has 1 aliphatic carbocycles. The second kappa shape index (κ2) is 4.33. The summed E-state index contributed by atoms with van der Waals surface area (Å²) in [5.74, 6) is -0.0299. The minimum Gasteiger partial charge on any atom is -0.398 e. The summed E-state index contributed by atoms with van der Waals surface area (Å²) in [4.78, 5) is 12.2. The first-order valence-electron chi connectivity index (χ1n) is 5.79. The number of anilines is 1. The highest BCUT2D eigenvalue weighted by atomic mass is 79.9. The molecule has 1 amide bonds. The van der Waals surface area contributed by atoms with Crippen LogP contribution in [0.4, 0.5) is 5.69 Å². The van der Waals surface area contributed by atoms with Gasteiger partial charge in [-0.3, -0.25) is 4.79 Å². The van der Waals surface area contributed by atoms with Gasteiger partial charge < -0.3 is 11.1 Å². The lowest BCUT2D eigenvalue weighted by atomic mass is 9.78. The molecule has 17 heavy (non-hydrogen) atoms. The number of halogens is 1. The van der Waals surface area contributed by atoms with E-state index in [2.05, 4.69) is 28.2 Å². The second-order valence-electron chi connectivity index (χ2n) is 5.04. The van der Waals surface area contributed by atoms with Crippen LogP contribution in [0.3, 0.4) is 0 Å². The Balaban J connectivity index is 2.24. The molecule has 0 atom stereocenters. The number of nitrogen functional groups attached to an aromatic ring is 1. The molecule has 1 saturated carbocycles. The van der Waals surface area contributed by atoms with E-state index in [9.17, 15) is 4.79 Å². The zero-order valence-electron chi connectivity index (χ0n) is 10.1. The number of benzene rings is 1. The van der Waals surface area contributed by atoms with Gasteiger partial charge in [0.1, 0.15) is 0 Å². The SMILES string of the molecule is Cc1c(N)cc(Br)cc1C(=O)NC1(C)CCC1. The Morgan fingerprint density at radius 1 is 1.47 bits per heavy atom. The molecule has 0 heterocycles. The van der Waals surface area contributed by atoms with E-state index in [-0.39, 0.29) is 11.4 Å². The van der Waals surface area contributed by atoms with Crippen LogP contribution >= 0.6 is 15.9 Å². The number of nitrogens with two attached hydrogens (primary N) is 1. The van der Waals surface area contributed by atoms with Crippen molar-refractivity contribution in [1.82, 2.24) is 5.32 Å². The monoisotopic (exact) mass is 296 g/mol. The number of hydrogen-bond donors (Lipinski definition) is 2. The smallest absolute Gasteiger partial charge is 0.252 e. The molecule has 1 aliphatic rings. The zero-order valence-corrected chi connectivity index (χ0v) is 11.7. The molecule has 1 aromatic rings. The standard InChI is InChI=1S/C13H17BrN2O/c1-8-10(6-9(14)7-11(8)15)12(17)16-13(2)4-3-5-13/h6-7H,3-5,15H2,1-2H3,(H,16,17). The van der Waals surface area contributed by atoms with E-state index < -0.39 is 0 Å². The van der Waals surface area contributed by atoms with E-state index in [1.54, 1.807) is 0 Å². The van der Waals surface area contributed by atoms with Crippen LogP contribution in [0.15, 0.2) is 16.6 Å². The Morgan fingerprint density at radius 3 is 2.65 bits per heavy atom. The molecule has 92 valence electrons. The van der Waals surface area contributed by atoms with Gasteiger partial charge in [-0.25, -0.2) is 0 Å². The quantitative estimate of drug-likeness (QED) is 0.824. The van der Waals surface area contributed by atoms with Crippen LogP contribution in [0.1, 0.15) is 42.1 Å². The Morgan fingerprint density at radius 2 is 2.12 bits per heavy atom. The molecule has 3 N–H and O–H groups in total. The molecule has 0 radical (unpaired) electrons. The van der Waals surface area contributed by atoms with Gasteiger partial charge >= 0.3 is 0 Å². The molecule has 0 unspecified atom stereocenters. The number of carbonyl (C=O) groups excluding carboxylic acids is 1. The van der Waals surface area contributed by atoms with Gasteiger partial charge in [0.2, 0.25) is 0 Å². The number of amides is 1. The summed E-state index contributed by atoms with van der Waals surface area (Å²) in [5.41, 5.74) is 7.97. The van der Waals surface area contributed by atoms with Gasteiger partial charge in [0, 0.05) is 21.3 Å². The summed E-state index contributed by atoms with van der Waals surface area (Å²) in [7, 11) is 0. The largest absolute Gasteiger partial charge is 0.398 e. The summed E-state index contributed by atoms with van der Waals surface area (Å²) in [6.07, 6.45) is 3.30. The van der Waals surface area contributed by atoms with Gasteiger partial charge in [-0.2, -0.15) is 0 Å². The molecule has 0 saturated heterocycles. The maximum atomic E-state index is 12.2. The Kier molecular flexibility index (Phi) is 3.17. The van der Waals surface area contributed by atoms with Gasteiger partial charge in [-0.15, -0.1) is 0 Å². The summed E-state index contributed by atoms with van der Waals surface area (Å²) < 4.78 is 0.838. The number of rotatable bonds is 2. The predicted molar refractivity (Wildman–Crippen MR) is 73.0 cm³/mol. The lowest BCUT2D eigenvalue weighted by Gasteiger charge is -2.39. The van der Waals surface area contributed by atoms with E-state index in [0.717, 1.165) is 22.9 Å². The third kappa shape index (κ3) is 2.46. The van der Waals surface area contributed by atoms with Crippen molar-refractivity contribution in [1.29, 1.82) is 0 Å². The topological polar surface area (TPSA) is 55.1 Å². The van der Waals surface area contributed by atoms with E-state index in [1.165, 1.54) is 6.42 Å². The van der Waals surface area contributed by atoms with E-state index in [0.29, 0.717) is 11.3 Å². The molecule has 1 aromatic carbocycles. The van der Waals surface area contributed by atoms with Crippen molar-refractivity contribution in [3.05, 3.63) is 27.7 Å². The van der Waals surface area contributed by atoms with Gasteiger partial charge in [-0.05, 0) is 50.8 Å². The average molecular weight is 297 g/mol. The molecule has 1 fully saturated rings. The summed E-state index contributed by atoms with van der Waals surface area (Å²) in [6.45, 7) is 3.96. The van der Waals surface area contributed by atoms with Crippen LogP contribution in [-0.4, -0.2) is 11.4 Å². The van der Waals surface area contributed by atoms with Crippen LogP contribution < -0.4 is 11.1 Å². The van der Waals surface area contributed by atoms with Crippen LogP contribution in [0.25, 0.3) is 0 Å². The van der Waals surface area contributed by atoms with Gasteiger partial charge in [0.05, 0.1) is 0 Å². The molecule has 4 heteroatoms. The Hall–Kier alpha value is -1.03. The highest BCUT2D eigenvalue weighted by molar-refractivity contribution is 9.10. The molecule has 0 bridgehead atoms. The van der Waals surface area contributed by atoms with Crippen molar-refractivity contribution in [3.8, 4) is 0 Å². The van der Waals surface area contributed by atoms with Crippen molar-refractivity contribution in [3.63, 3.8) is 0 Å². The maximum absolute atomic E-state index is 12.2. The fourth-order valence-electron chi connectivity index (χ4n) is 2.11. The normalized spacial score (nSPS) is 17.4. The fraction of sp³-hybridized carbons (Fsp3) is 0.462. The summed E-state index contributed by atoms with van der Waals surface area (Å²) in [5, 5.41) is 3.09. The molecular formula is C13H17BrN2O. The first kappa shape index (κ1) is 12.4. The van der Waals surface area contributed by atoms with Crippen LogP contribution in [0.5, 0.6) is 0 Å². The third-order valence-electron chi connectivity index (χ3n) is 3.53. The van der Waals surface area contributed by atoms with E-state index in [4.69, 9.17) is 5.73 Å². The number of hydrogen-bond acceptors (Lipinski definition) is 2. The fourth-order valence-corrected chi connectivity index (χ4v) is 2.59. The number of nitrogens with one attached hydrogen (secondary N) is 1. The summed E-state index contributed by atoms with van der Waals surface area (Å²) in [6, 6.07) is 3.64. The minimum atomic E-state index is -0.0299. The first-order chi connectivity index (χ1) is 7.91. The van der Waals surface area contributed by atoms with Gasteiger partial charge in [0.15, 0.2) is 0 Å². The molecule has 0 aliphatic heterocycles. The minimum absolute atomic E-state index is 0.0272. The second-order valence-corrected chi connectivity index (χ2v) is 5.95. The van der Waals surface area contributed by atoms with Crippen molar-refractivity contribution in [2.45, 2.75) is 38.6 Å². The summed E-state index contributed by atoms with van der Waals surface area (Å²) >= 11 is 3.37. The van der Waals surface area contributed by atoms with Gasteiger partial charge in [-0.1, -0.05) is 15.9 Å². The van der Waals surface area contributed by atoms with Crippen LogP contribution in [0.2, 0.25) is 0 Å². The Bertz CT molecular complexity index is 467. The molecule has 3 nitrogen and oxygen atoms in total. The van der Waals surface area contributed by atoms with E-state index >= 15 is 0 Å². The van der Waals surface area contributed by atoms with E-state index in [1.807, 2.05) is 19.1 Å². The lowest BCUT2D eigenvalue weighted by molar-refractivity contribution is 0.0850. The molecule has 2 rings (SSSR count). The maximum Gasteiger partial charge on any atom is 0.252 e. The van der Waals surface area contributed by atoms with Crippen molar-refractivity contribution >= 4 is 27.5 Å². The zero-order chi connectivity index (χ0) is 12.6. The molecule has 0 aromatic heterocycles. The number of carbonyl (C=O) groups is 1. The average Bonchev–Trinajstić information content (AvgIpc) is 2.21. The van der Waals surface area contributed by atoms with Crippen molar-refractivity contribution < 1.29 is 4.79 Å². The lowest BCUT2D eigenvalue weighted by Crippen LogP contribution is -2.51.